The molecule has 10 heteroatoms. The Balaban J connectivity index is 1.65. The zero-order valence-electron chi connectivity index (χ0n) is 25.3. The van der Waals surface area contributed by atoms with Crippen molar-refractivity contribution in [2.24, 2.45) is 0 Å². The van der Waals surface area contributed by atoms with Crippen LogP contribution in [0.25, 0.3) is 0 Å². The van der Waals surface area contributed by atoms with Crippen LogP contribution in [0.5, 0.6) is 11.5 Å². The van der Waals surface area contributed by atoms with Crippen LogP contribution in [0, 0.1) is 5.41 Å². The third-order valence-electron chi connectivity index (χ3n) is 7.54. The van der Waals surface area contributed by atoms with Gasteiger partial charge in [-0.3, -0.25) is 15.0 Å². The average Bonchev–Trinajstić information content (AvgIpc) is 3.57. The molecule has 0 spiro atoms. The number of amidine groups is 1. The van der Waals surface area contributed by atoms with Crippen molar-refractivity contribution >= 4 is 29.2 Å². The third kappa shape index (κ3) is 6.69. The number of amides is 1. The molecule has 1 fully saturated rings. The van der Waals surface area contributed by atoms with E-state index in [4.69, 9.17) is 14.9 Å². The standard InChI is InChI=1S/C32H42N4O6/c1-6-10-34-31(40)23-16-22-21(15-27(23)41-7-2)17-36(30(22)33)18-26(37)20-13-24(32(3,4)5)29(42-19-28(38)39)25(14-20)35-11-8-9-12-35/h13-16,33H,6-12,17-19H2,1-5H3,(H,34,40)(H,38,39). The second-order valence-electron chi connectivity index (χ2n) is 11.8. The van der Waals surface area contributed by atoms with E-state index in [1.165, 1.54) is 0 Å². The van der Waals surface area contributed by atoms with Gasteiger partial charge < -0.3 is 29.7 Å². The molecule has 4 rings (SSSR count). The molecule has 226 valence electrons. The van der Waals surface area contributed by atoms with Gasteiger partial charge in [0.25, 0.3) is 5.91 Å². The van der Waals surface area contributed by atoms with Crippen LogP contribution in [0.4, 0.5) is 5.69 Å². The molecule has 2 aromatic carbocycles. The van der Waals surface area contributed by atoms with Crippen molar-refractivity contribution in [1.29, 1.82) is 5.41 Å². The van der Waals surface area contributed by atoms with Gasteiger partial charge in [0.05, 0.1) is 24.4 Å². The van der Waals surface area contributed by atoms with Crippen molar-refractivity contribution in [3.8, 4) is 11.5 Å². The minimum absolute atomic E-state index is 0.0206. The van der Waals surface area contributed by atoms with Crippen molar-refractivity contribution < 1.29 is 29.0 Å². The summed E-state index contributed by atoms with van der Waals surface area (Å²) in [5.41, 5.74) is 3.38. The summed E-state index contributed by atoms with van der Waals surface area (Å²) in [6, 6.07) is 7.10. The number of benzene rings is 2. The van der Waals surface area contributed by atoms with E-state index in [0.29, 0.717) is 47.9 Å². The Hall–Kier alpha value is -4.08. The van der Waals surface area contributed by atoms with Crippen LogP contribution in [0.1, 0.15) is 91.3 Å². The average molecular weight is 579 g/mol. The molecule has 1 saturated heterocycles. The molecule has 0 aromatic heterocycles. The number of carboxylic acids is 1. The fraction of sp³-hybridized carbons (Fsp3) is 0.500. The molecule has 2 aromatic rings. The summed E-state index contributed by atoms with van der Waals surface area (Å²) in [6.07, 6.45) is 2.81. The molecule has 2 aliphatic rings. The van der Waals surface area contributed by atoms with Gasteiger partial charge >= 0.3 is 5.97 Å². The maximum atomic E-state index is 13.8. The van der Waals surface area contributed by atoms with Gasteiger partial charge in [-0.1, -0.05) is 27.7 Å². The molecule has 1 amide bonds. The zero-order chi connectivity index (χ0) is 30.6. The van der Waals surface area contributed by atoms with Gasteiger partial charge in [-0.2, -0.15) is 0 Å². The second kappa shape index (κ2) is 12.8. The topological polar surface area (TPSA) is 132 Å². The number of fused-ring (bicyclic) bond motifs is 1. The van der Waals surface area contributed by atoms with Crippen LogP contribution in [0.3, 0.4) is 0 Å². The highest BCUT2D eigenvalue weighted by Crippen LogP contribution is 2.42. The van der Waals surface area contributed by atoms with Crippen molar-refractivity contribution in [3.05, 3.63) is 52.1 Å². The molecule has 3 N–H and O–H groups in total. The lowest BCUT2D eigenvalue weighted by Crippen LogP contribution is -2.31. The SMILES string of the molecule is CCCNC(=O)c1cc2c(cc1OCC)CN(CC(=O)c1cc(N3CCCC3)c(OCC(=O)O)c(C(C)(C)C)c1)C2=N. The van der Waals surface area contributed by atoms with Crippen molar-refractivity contribution in [3.63, 3.8) is 0 Å². The number of rotatable bonds is 12. The molecule has 0 bridgehead atoms. The van der Waals surface area contributed by atoms with E-state index < -0.39 is 18.0 Å². The summed E-state index contributed by atoms with van der Waals surface area (Å²) in [5.74, 6) is -0.319. The fourth-order valence-corrected chi connectivity index (χ4v) is 5.42. The van der Waals surface area contributed by atoms with Crippen LogP contribution < -0.4 is 19.7 Å². The number of hydrogen-bond donors (Lipinski definition) is 3. The monoisotopic (exact) mass is 578 g/mol. The first-order valence-corrected chi connectivity index (χ1v) is 14.7. The minimum Gasteiger partial charge on any atom is -0.493 e. The van der Waals surface area contributed by atoms with Gasteiger partial charge in [-0.15, -0.1) is 0 Å². The van der Waals surface area contributed by atoms with E-state index in [1.807, 2.05) is 34.6 Å². The number of ether oxygens (including phenoxy) is 2. The maximum Gasteiger partial charge on any atom is 0.341 e. The van der Waals surface area contributed by atoms with Crippen molar-refractivity contribution in [1.82, 2.24) is 10.2 Å². The predicted octanol–water partition coefficient (Wildman–Crippen LogP) is 4.61. The number of Topliss-reactive ketones (excluding diaryl/α,β-unsaturated/α-hetero) is 1. The smallest absolute Gasteiger partial charge is 0.341 e. The van der Waals surface area contributed by atoms with Gasteiger partial charge in [-0.05, 0) is 61.4 Å². The maximum absolute atomic E-state index is 13.8. The van der Waals surface area contributed by atoms with Crippen LogP contribution in [-0.2, 0) is 16.8 Å². The van der Waals surface area contributed by atoms with E-state index in [2.05, 4.69) is 10.2 Å². The Morgan fingerprint density at radius 1 is 1.05 bits per heavy atom. The number of nitrogens with zero attached hydrogens (tertiary/aromatic N) is 2. The lowest BCUT2D eigenvalue weighted by molar-refractivity contribution is -0.139. The Labute approximate surface area is 247 Å². The molecule has 0 aliphatic carbocycles. The van der Waals surface area contributed by atoms with Gasteiger partial charge in [0.15, 0.2) is 12.4 Å². The van der Waals surface area contributed by atoms with Gasteiger partial charge in [-0.25, -0.2) is 4.79 Å². The molecule has 2 aliphatic heterocycles. The Morgan fingerprint density at radius 3 is 2.38 bits per heavy atom. The van der Waals surface area contributed by atoms with Crippen molar-refractivity contribution in [2.45, 2.75) is 65.8 Å². The highest BCUT2D eigenvalue weighted by atomic mass is 16.5. The first-order chi connectivity index (χ1) is 19.9. The summed E-state index contributed by atoms with van der Waals surface area (Å²) in [6.45, 7) is 12.3. The number of ketones is 1. The summed E-state index contributed by atoms with van der Waals surface area (Å²) < 4.78 is 11.6. The molecule has 0 saturated carbocycles. The molecule has 0 radical (unpaired) electrons. The highest BCUT2D eigenvalue weighted by Gasteiger charge is 2.32. The normalized spacial score (nSPS) is 14.6. The van der Waals surface area contributed by atoms with Gasteiger partial charge in [0, 0.05) is 42.9 Å². The van der Waals surface area contributed by atoms with Gasteiger partial charge in [0.1, 0.15) is 17.3 Å². The molecule has 0 unspecified atom stereocenters. The fourth-order valence-electron chi connectivity index (χ4n) is 5.42. The molecular weight excluding hydrogens is 536 g/mol. The number of anilines is 1. The van der Waals surface area contributed by atoms with Crippen LogP contribution in [-0.4, -0.2) is 72.9 Å². The Morgan fingerprint density at radius 2 is 1.76 bits per heavy atom. The summed E-state index contributed by atoms with van der Waals surface area (Å²) in [5, 5.41) is 21.0. The molecular formula is C32H42N4O6. The zero-order valence-corrected chi connectivity index (χ0v) is 25.3. The number of nitrogens with one attached hydrogen (secondary N) is 2. The second-order valence-corrected chi connectivity index (χ2v) is 11.8. The van der Waals surface area contributed by atoms with Crippen LogP contribution in [0.2, 0.25) is 0 Å². The van der Waals surface area contributed by atoms with E-state index in [1.54, 1.807) is 29.2 Å². The van der Waals surface area contributed by atoms with E-state index in [0.717, 1.165) is 49.2 Å². The van der Waals surface area contributed by atoms with Crippen LogP contribution in [0.15, 0.2) is 24.3 Å². The van der Waals surface area contributed by atoms with Crippen LogP contribution >= 0.6 is 0 Å². The number of aliphatic carboxylic acids is 1. The Kier molecular flexibility index (Phi) is 9.43. The molecule has 10 nitrogen and oxygen atoms in total. The van der Waals surface area contributed by atoms with E-state index >= 15 is 0 Å². The number of carbonyl (C=O) groups excluding carboxylic acids is 2. The molecule has 2 heterocycles. The number of carboxylic acid groups (broad SMARTS) is 1. The quantitative estimate of drug-likeness (QED) is 0.311. The highest BCUT2D eigenvalue weighted by molar-refractivity contribution is 6.08. The largest absolute Gasteiger partial charge is 0.493 e. The van der Waals surface area contributed by atoms with Gasteiger partial charge in [0.2, 0.25) is 0 Å². The number of carbonyl (C=O) groups is 3. The summed E-state index contributed by atoms with van der Waals surface area (Å²) >= 11 is 0. The predicted molar refractivity (Wildman–Crippen MR) is 162 cm³/mol. The summed E-state index contributed by atoms with van der Waals surface area (Å²) in [7, 11) is 0. The van der Waals surface area contributed by atoms with Crippen molar-refractivity contribution in [2.75, 3.05) is 44.3 Å². The minimum atomic E-state index is -1.06. The lowest BCUT2D eigenvalue weighted by atomic mass is 9.84. The lowest BCUT2D eigenvalue weighted by Gasteiger charge is -2.29. The number of hydrogen-bond acceptors (Lipinski definition) is 7. The molecule has 0 atom stereocenters. The third-order valence-corrected chi connectivity index (χ3v) is 7.54. The Bertz CT molecular complexity index is 1370. The molecule has 42 heavy (non-hydrogen) atoms. The first kappa shape index (κ1) is 30.9. The van der Waals surface area contributed by atoms with E-state index in [9.17, 15) is 19.5 Å². The summed E-state index contributed by atoms with van der Waals surface area (Å²) in [4.78, 5) is 41.9. The van der Waals surface area contributed by atoms with E-state index in [-0.39, 0.29) is 24.1 Å². The first-order valence-electron chi connectivity index (χ1n) is 14.7.